The molecule has 100 valence electrons. The highest BCUT2D eigenvalue weighted by molar-refractivity contribution is 9.08. The predicted molar refractivity (Wildman–Crippen MR) is 61.0 cm³/mol. The van der Waals surface area contributed by atoms with Crippen molar-refractivity contribution >= 4 is 28.1 Å². The fraction of sp³-hybridized carbons (Fsp3) is 0.111. The van der Waals surface area contributed by atoms with Gasteiger partial charge in [-0.15, -0.1) is 0 Å². The van der Waals surface area contributed by atoms with Gasteiger partial charge >= 0.3 is 17.6 Å². The van der Waals surface area contributed by atoms with Crippen molar-refractivity contribution in [1.29, 1.82) is 0 Å². The van der Waals surface area contributed by atoms with Crippen molar-refractivity contribution in [3.05, 3.63) is 38.6 Å². The first-order chi connectivity index (χ1) is 8.91. The quantitative estimate of drug-likeness (QED) is 0.474. The molecule has 0 bridgehead atoms. The molecule has 0 saturated heterocycles. The first-order valence-corrected chi connectivity index (χ1v) is 5.45. The van der Waals surface area contributed by atoms with Gasteiger partial charge in [-0.3, -0.25) is 4.79 Å². The molecule has 0 saturated carbocycles. The molecule has 2 heterocycles. The number of carbonyl (C=O) groups excluding carboxylic acids is 2. The average Bonchev–Trinajstić information content (AvgIpc) is 2.45. The minimum absolute atomic E-state index is 0.0453. The molecule has 0 fully saturated rings. The lowest BCUT2D eigenvalue weighted by molar-refractivity contribution is -0.139. The zero-order valence-electron chi connectivity index (χ0n) is 9.03. The SMILES string of the molecule is O=C1/C=C\C(=O)Oc2c(c(=O)n(Br)c(=O)n2O)CO1. The van der Waals surface area contributed by atoms with E-state index in [1.165, 1.54) is 0 Å². The van der Waals surface area contributed by atoms with E-state index in [9.17, 15) is 24.4 Å². The number of rotatable bonds is 0. The van der Waals surface area contributed by atoms with Gasteiger partial charge in [0.25, 0.3) is 11.4 Å². The number of esters is 2. The fourth-order valence-electron chi connectivity index (χ4n) is 1.28. The van der Waals surface area contributed by atoms with Crippen molar-refractivity contribution in [3.63, 3.8) is 0 Å². The zero-order valence-corrected chi connectivity index (χ0v) is 10.6. The molecular weight excluding hydrogens is 328 g/mol. The number of halogens is 1. The van der Waals surface area contributed by atoms with Gasteiger partial charge in [0.15, 0.2) is 0 Å². The van der Waals surface area contributed by atoms with Crippen LogP contribution in [0, 0.1) is 0 Å². The second-order valence-corrected chi connectivity index (χ2v) is 4.04. The summed E-state index contributed by atoms with van der Waals surface area (Å²) in [5, 5.41) is 9.51. The highest BCUT2D eigenvalue weighted by Gasteiger charge is 2.23. The van der Waals surface area contributed by atoms with Gasteiger partial charge in [-0.1, -0.05) is 4.73 Å². The molecule has 1 aromatic rings. The van der Waals surface area contributed by atoms with Gasteiger partial charge in [-0.25, -0.2) is 14.4 Å². The Bertz CT molecular complexity index is 715. The third-order valence-corrected chi connectivity index (χ3v) is 2.77. The molecule has 1 N–H and O–H groups in total. The van der Waals surface area contributed by atoms with Crippen molar-refractivity contribution in [1.82, 2.24) is 8.32 Å². The maximum Gasteiger partial charge on any atom is 0.377 e. The van der Waals surface area contributed by atoms with Crippen LogP contribution in [0.1, 0.15) is 5.56 Å². The Morgan fingerprint density at radius 2 is 1.79 bits per heavy atom. The molecule has 10 heteroatoms. The lowest BCUT2D eigenvalue weighted by Crippen LogP contribution is -2.38. The molecule has 0 aliphatic carbocycles. The van der Waals surface area contributed by atoms with Gasteiger partial charge in [0.05, 0.1) is 16.1 Å². The lowest BCUT2D eigenvalue weighted by Gasteiger charge is -2.10. The van der Waals surface area contributed by atoms with E-state index >= 15 is 0 Å². The number of carbonyl (C=O) groups is 2. The molecule has 1 aliphatic heterocycles. The van der Waals surface area contributed by atoms with Gasteiger partial charge in [-0.05, 0) is 0 Å². The monoisotopic (exact) mass is 332 g/mol. The summed E-state index contributed by atoms with van der Waals surface area (Å²) in [6.07, 6.45) is 1.53. The smallest absolute Gasteiger partial charge is 0.377 e. The van der Waals surface area contributed by atoms with Crippen LogP contribution in [0.15, 0.2) is 21.7 Å². The predicted octanol–water partition coefficient (Wildman–Crippen LogP) is -1.08. The normalized spacial score (nSPS) is 16.5. The summed E-state index contributed by atoms with van der Waals surface area (Å²) in [6.45, 7) is -0.572. The van der Waals surface area contributed by atoms with Gasteiger partial charge < -0.3 is 14.7 Å². The van der Waals surface area contributed by atoms with E-state index in [0.717, 1.165) is 12.2 Å². The summed E-state index contributed by atoms with van der Waals surface area (Å²) in [7, 11) is 0. The third-order valence-electron chi connectivity index (χ3n) is 2.15. The van der Waals surface area contributed by atoms with Gasteiger partial charge in [0.2, 0.25) is 0 Å². The number of cyclic esters (lactones) is 1. The summed E-state index contributed by atoms with van der Waals surface area (Å²) < 4.78 is 9.64. The molecule has 0 amide bonds. The number of nitrogens with zero attached hydrogens (tertiary/aromatic N) is 2. The van der Waals surface area contributed by atoms with Gasteiger partial charge in [0, 0.05) is 12.2 Å². The van der Waals surface area contributed by atoms with Crippen molar-refractivity contribution < 1.29 is 24.3 Å². The van der Waals surface area contributed by atoms with Crippen LogP contribution in [0.3, 0.4) is 0 Å². The molecule has 0 spiro atoms. The lowest BCUT2D eigenvalue weighted by atomic mass is 10.3. The van der Waals surface area contributed by atoms with Crippen LogP contribution in [0.5, 0.6) is 5.88 Å². The van der Waals surface area contributed by atoms with Crippen molar-refractivity contribution in [2.24, 2.45) is 0 Å². The molecule has 1 aliphatic rings. The summed E-state index contributed by atoms with van der Waals surface area (Å²) in [5.74, 6) is -2.62. The molecule has 1 aromatic heterocycles. The first kappa shape index (κ1) is 13.1. The fourth-order valence-corrected chi connectivity index (χ4v) is 1.64. The van der Waals surface area contributed by atoms with Crippen LogP contribution in [0.2, 0.25) is 0 Å². The summed E-state index contributed by atoms with van der Waals surface area (Å²) in [6, 6.07) is 0. The number of hydrogen-bond acceptors (Lipinski definition) is 7. The van der Waals surface area contributed by atoms with Crippen LogP contribution in [-0.2, 0) is 20.9 Å². The summed E-state index contributed by atoms with van der Waals surface area (Å²) in [4.78, 5) is 45.6. The minimum atomic E-state index is -1.17. The Morgan fingerprint density at radius 1 is 1.16 bits per heavy atom. The maximum atomic E-state index is 11.8. The van der Waals surface area contributed by atoms with Crippen LogP contribution in [-0.4, -0.2) is 25.5 Å². The summed E-state index contributed by atoms with van der Waals surface area (Å²) in [5.41, 5.74) is -2.47. The van der Waals surface area contributed by atoms with E-state index in [1.807, 2.05) is 0 Å². The topological polar surface area (TPSA) is 117 Å². The average molecular weight is 333 g/mol. The van der Waals surface area contributed by atoms with E-state index in [2.05, 4.69) is 25.6 Å². The molecule has 0 radical (unpaired) electrons. The van der Waals surface area contributed by atoms with Gasteiger partial charge in [0.1, 0.15) is 12.2 Å². The van der Waals surface area contributed by atoms with Crippen LogP contribution < -0.4 is 16.0 Å². The Morgan fingerprint density at radius 3 is 2.47 bits per heavy atom. The largest absolute Gasteiger partial charge is 0.457 e. The second kappa shape index (κ2) is 4.72. The Hall–Kier alpha value is -2.36. The van der Waals surface area contributed by atoms with E-state index < -0.39 is 35.7 Å². The van der Waals surface area contributed by atoms with E-state index in [0.29, 0.717) is 3.59 Å². The molecule has 9 nitrogen and oxygen atoms in total. The Kier molecular flexibility index (Phi) is 3.25. The van der Waals surface area contributed by atoms with Gasteiger partial charge in [-0.2, -0.15) is 3.59 Å². The molecule has 2 rings (SSSR count). The Balaban J connectivity index is 2.72. The van der Waals surface area contributed by atoms with Crippen molar-refractivity contribution in [2.75, 3.05) is 0 Å². The highest BCUT2D eigenvalue weighted by atomic mass is 79.9. The second-order valence-electron chi connectivity index (χ2n) is 3.33. The molecule has 0 atom stereocenters. The molecule has 0 unspecified atom stereocenters. The van der Waals surface area contributed by atoms with E-state index in [-0.39, 0.29) is 10.3 Å². The number of ether oxygens (including phenoxy) is 2. The van der Waals surface area contributed by atoms with Crippen LogP contribution in [0.4, 0.5) is 0 Å². The van der Waals surface area contributed by atoms with Crippen molar-refractivity contribution in [2.45, 2.75) is 6.61 Å². The highest BCUT2D eigenvalue weighted by Crippen LogP contribution is 2.15. The zero-order chi connectivity index (χ0) is 14.2. The minimum Gasteiger partial charge on any atom is -0.457 e. The first-order valence-electron chi connectivity index (χ1n) is 4.75. The van der Waals surface area contributed by atoms with Crippen LogP contribution >= 0.6 is 16.1 Å². The Labute approximate surface area is 112 Å². The molecule has 19 heavy (non-hydrogen) atoms. The maximum absolute atomic E-state index is 11.8. The standard InChI is InChI=1S/C9H5BrN2O7/c10-11-7(15)4-3-18-5(13)1-2-6(14)19-8(4)12(17)9(11)16/h1-2,17H,3H2/b2-1-. The van der Waals surface area contributed by atoms with Crippen molar-refractivity contribution in [3.8, 4) is 5.88 Å². The summed E-state index contributed by atoms with van der Waals surface area (Å²) >= 11 is 2.62. The number of aromatic nitrogens is 2. The van der Waals surface area contributed by atoms with Crippen LogP contribution in [0.25, 0.3) is 0 Å². The van der Waals surface area contributed by atoms with E-state index in [4.69, 9.17) is 0 Å². The number of hydrogen-bond donors (Lipinski definition) is 1. The van der Waals surface area contributed by atoms with E-state index in [1.54, 1.807) is 0 Å². The molecular formula is C9H5BrN2O7. The number of fused-ring (bicyclic) bond motifs is 1. The third kappa shape index (κ3) is 2.29. The molecule has 0 aromatic carbocycles.